The fourth-order valence-corrected chi connectivity index (χ4v) is 3.61. The molecule has 1 aromatic rings. The van der Waals surface area contributed by atoms with Crippen LogP contribution in [0.5, 0.6) is 0 Å². The molecule has 0 unspecified atom stereocenters. The minimum atomic E-state index is -3.83. The molecule has 2 rings (SSSR count). The maximum atomic E-state index is 12.1. The van der Waals surface area contributed by atoms with E-state index in [1.54, 1.807) is 0 Å². The van der Waals surface area contributed by atoms with Crippen molar-refractivity contribution in [2.24, 2.45) is 0 Å². The molecule has 1 saturated carbocycles. The van der Waals surface area contributed by atoms with Crippen LogP contribution in [0.1, 0.15) is 36.0 Å². The lowest BCUT2D eigenvalue weighted by molar-refractivity contribution is -0.119. The Morgan fingerprint density at radius 1 is 1.24 bits per heavy atom. The molecule has 0 aromatic heterocycles. The van der Waals surface area contributed by atoms with Crippen LogP contribution >= 0.6 is 0 Å². The summed E-state index contributed by atoms with van der Waals surface area (Å²) in [5.74, 6) is -2.41. The topological polar surface area (TPSA) is 101 Å². The SMILES string of the molecule is O=C(CS(=O)(=O)c1cccc(C(=O)O)c1)NC1CCCC1. The largest absolute Gasteiger partial charge is 0.478 e. The predicted octanol–water partition coefficient (Wildman–Crippen LogP) is 1.22. The Kier molecular flexibility index (Phi) is 4.62. The van der Waals surface area contributed by atoms with Crippen molar-refractivity contribution in [2.75, 3.05) is 5.75 Å². The highest BCUT2D eigenvalue weighted by molar-refractivity contribution is 7.92. The third kappa shape index (κ3) is 4.04. The molecule has 1 aliphatic rings. The van der Waals surface area contributed by atoms with Crippen molar-refractivity contribution in [1.82, 2.24) is 5.32 Å². The smallest absolute Gasteiger partial charge is 0.335 e. The maximum absolute atomic E-state index is 12.1. The maximum Gasteiger partial charge on any atom is 0.335 e. The summed E-state index contributed by atoms with van der Waals surface area (Å²) in [6.07, 6.45) is 3.83. The second kappa shape index (κ2) is 6.26. The Bertz CT molecular complexity index is 647. The average Bonchev–Trinajstić information content (AvgIpc) is 2.91. The summed E-state index contributed by atoms with van der Waals surface area (Å²) in [5.41, 5.74) is -0.118. The van der Waals surface area contributed by atoms with Gasteiger partial charge in [0.1, 0.15) is 5.75 Å². The highest BCUT2D eigenvalue weighted by Crippen LogP contribution is 2.18. The summed E-state index contributed by atoms with van der Waals surface area (Å²) in [7, 11) is -3.83. The number of carbonyl (C=O) groups is 2. The normalized spacial score (nSPS) is 15.8. The molecule has 0 spiro atoms. The van der Waals surface area contributed by atoms with Gasteiger partial charge < -0.3 is 10.4 Å². The number of aromatic carboxylic acids is 1. The molecule has 0 saturated heterocycles. The van der Waals surface area contributed by atoms with E-state index in [0.717, 1.165) is 31.7 Å². The molecule has 21 heavy (non-hydrogen) atoms. The lowest BCUT2D eigenvalue weighted by atomic mass is 10.2. The lowest BCUT2D eigenvalue weighted by Crippen LogP contribution is -2.36. The first-order chi connectivity index (χ1) is 9.88. The van der Waals surface area contributed by atoms with E-state index in [4.69, 9.17) is 5.11 Å². The van der Waals surface area contributed by atoms with Crippen LogP contribution in [0.15, 0.2) is 29.2 Å². The standard InChI is InChI=1S/C14H17NO5S/c16-13(15-11-5-1-2-6-11)9-21(19,20)12-7-3-4-10(8-12)14(17)18/h3-4,7-8,11H,1-2,5-6,9H2,(H,15,16)(H,17,18). The lowest BCUT2D eigenvalue weighted by Gasteiger charge is -2.12. The van der Waals surface area contributed by atoms with Gasteiger partial charge in [-0.05, 0) is 31.0 Å². The Balaban J connectivity index is 2.08. The Morgan fingerprint density at radius 2 is 1.90 bits per heavy atom. The number of carboxylic acid groups (broad SMARTS) is 1. The number of carboxylic acids is 1. The van der Waals surface area contributed by atoms with Crippen molar-refractivity contribution in [1.29, 1.82) is 0 Å². The average molecular weight is 311 g/mol. The summed E-state index contributed by atoms with van der Waals surface area (Å²) in [6, 6.07) is 5.08. The third-order valence-corrected chi connectivity index (χ3v) is 5.10. The zero-order valence-corrected chi connectivity index (χ0v) is 12.2. The van der Waals surface area contributed by atoms with E-state index in [2.05, 4.69) is 5.32 Å². The second-order valence-electron chi connectivity index (χ2n) is 5.14. The van der Waals surface area contributed by atoms with Crippen molar-refractivity contribution < 1.29 is 23.1 Å². The number of benzene rings is 1. The van der Waals surface area contributed by atoms with Crippen LogP contribution in [0.2, 0.25) is 0 Å². The van der Waals surface area contributed by atoms with Gasteiger partial charge in [-0.25, -0.2) is 13.2 Å². The van der Waals surface area contributed by atoms with Crippen molar-refractivity contribution in [3.63, 3.8) is 0 Å². The number of hydrogen-bond acceptors (Lipinski definition) is 4. The minimum absolute atomic E-state index is 0.0538. The monoisotopic (exact) mass is 311 g/mol. The molecule has 1 fully saturated rings. The molecular weight excluding hydrogens is 294 g/mol. The van der Waals surface area contributed by atoms with E-state index >= 15 is 0 Å². The first kappa shape index (κ1) is 15.5. The molecule has 0 aliphatic heterocycles. The molecule has 1 aromatic carbocycles. The molecule has 0 atom stereocenters. The first-order valence-electron chi connectivity index (χ1n) is 6.74. The van der Waals surface area contributed by atoms with Crippen LogP contribution in [0.25, 0.3) is 0 Å². The van der Waals surface area contributed by atoms with Gasteiger partial charge in [0.05, 0.1) is 10.5 Å². The van der Waals surface area contributed by atoms with Gasteiger partial charge in [0, 0.05) is 6.04 Å². The zero-order valence-electron chi connectivity index (χ0n) is 11.4. The number of hydrogen-bond donors (Lipinski definition) is 2. The second-order valence-corrected chi connectivity index (χ2v) is 7.13. The fourth-order valence-electron chi connectivity index (χ4n) is 2.42. The third-order valence-electron chi connectivity index (χ3n) is 3.48. The predicted molar refractivity (Wildman–Crippen MR) is 75.9 cm³/mol. The van der Waals surface area contributed by atoms with Crippen LogP contribution in [0.4, 0.5) is 0 Å². The fraction of sp³-hybridized carbons (Fsp3) is 0.429. The molecule has 1 aliphatic carbocycles. The Morgan fingerprint density at radius 3 is 2.52 bits per heavy atom. The van der Waals surface area contributed by atoms with Gasteiger partial charge in [-0.3, -0.25) is 4.79 Å². The molecule has 1 amide bonds. The zero-order chi connectivity index (χ0) is 15.5. The van der Waals surface area contributed by atoms with Crippen LogP contribution in [0, 0.1) is 0 Å². The number of rotatable bonds is 5. The molecule has 2 N–H and O–H groups in total. The summed E-state index contributed by atoms with van der Waals surface area (Å²) >= 11 is 0. The number of carbonyl (C=O) groups excluding carboxylic acids is 1. The Labute approximate surface area is 123 Å². The molecule has 0 heterocycles. The highest BCUT2D eigenvalue weighted by Gasteiger charge is 2.23. The first-order valence-corrected chi connectivity index (χ1v) is 8.39. The van der Waals surface area contributed by atoms with E-state index in [1.165, 1.54) is 18.2 Å². The van der Waals surface area contributed by atoms with Crippen molar-refractivity contribution in [2.45, 2.75) is 36.6 Å². The summed E-state index contributed by atoms with van der Waals surface area (Å²) < 4.78 is 24.3. The minimum Gasteiger partial charge on any atom is -0.478 e. The van der Waals surface area contributed by atoms with Gasteiger partial charge in [-0.15, -0.1) is 0 Å². The van der Waals surface area contributed by atoms with Crippen LogP contribution in [-0.4, -0.2) is 37.2 Å². The van der Waals surface area contributed by atoms with Gasteiger partial charge in [-0.2, -0.15) is 0 Å². The van der Waals surface area contributed by atoms with Gasteiger partial charge in [0.2, 0.25) is 5.91 Å². The number of nitrogens with one attached hydrogen (secondary N) is 1. The van der Waals surface area contributed by atoms with E-state index in [0.29, 0.717) is 0 Å². The molecule has 0 radical (unpaired) electrons. The Hall–Kier alpha value is -1.89. The van der Waals surface area contributed by atoms with Crippen LogP contribution in [0.3, 0.4) is 0 Å². The summed E-state index contributed by atoms with van der Waals surface area (Å²) in [6.45, 7) is 0. The van der Waals surface area contributed by atoms with Crippen LogP contribution < -0.4 is 5.32 Å². The summed E-state index contributed by atoms with van der Waals surface area (Å²) in [5, 5.41) is 11.6. The molecule has 7 heteroatoms. The molecule has 6 nitrogen and oxygen atoms in total. The van der Waals surface area contributed by atoms with Crippen LogP contribution in [-0.2, 0) is 14.6 Å². The van der Waals surface area contributed by atoms with E-state index in [1.807, 2.05) is 0 Å². The van der Waals surface area contributed by atoms with E-state index in [-0.39, 0.29) is 16.5 Å². The van der Waals surface area contributed by atoms with Crippen molar-refractivity contribution >= 4 is 21.7 Å². The number of sulfone groups is 1. The van der Waals surface area contributed by atoms with Gasteiger partial charge >= 0.3 is 5.97 Å². The van der Waals surface area contributed by atoms with E-state index in [9.17, 15) is 18.0 Å². The highest BCUT2D eigenvalue weighted by atomic mass is 32.2. The van der Waals surface area contributed by atoms with Crippen molar-refractivity contribution in [3.8, 4) is 0 Å². The van der Waals surface area contributed by atoms with E-state index < -0.39 is 27.5 Å². The number of amides is 1. The van der Waals surface area contributed by atoms with Gasteiger partial charge in [0.25, 0.3) is 0 Å². The van der Waals surface area contributed by atoms with Gasteiger partial charge in [0.15, 0.2) is 9.84 Å². The van der Waals surface area contributed by atoms with Gasteiger partial charge in [-0.1, -0.05) is 18.9 Å². The quantitative estimate of drug-likeness (QED) is 0.851. The molecular formula is C14H17NO5S. The molecule has 0 bridgehead atoms. The van der Waals surface area contributed by atoms with Crippen molar-refractivity contribution in [3.05, 3.63) is 29.8 Å². The summed E-state index contributed by atoms with van der Waals surface area (Å²) in [4.78, 5) is 22.5. The molecule has 114 valence electrons.